The number of amides is 1. The van der Waals surface area contributed by atoms with E-state index in [1.165, 1.54) is 18.7 Å². The minimum Gasteiger partial charge on any atom is -0.480 e. The van der Waals surface area contributed by atoms with Crippen LogP contribution in [0.25, 0.3) is 0 Å². The summed E-state index contributed by atoms with van der Waals surface area (Å²) in [5.41, 5.74) is 0. The molecule has 0 radical (unpaired) electrons. The molecule has 0 saturated heterocycles. The first kappa shape index (κ1) is 16.8. The van der Waals surface area contributed by atoms with Crippen molar-refractivity contribution in [2.45, 2.75) is 26.8 Å². The van der Waals surface area contributed by atoms with Gasteiger partial charge in [0.15, 0.2) is 0 Å². The van der Waals surface area contributed by atoms with Crippen LogP contribution in [0.3, 0.4) is 0 Å². The molecule has 6 nitrogen and oxygen atoms in total. The minimum absolute atomic E-state index is 0.221. The lowest BCUT2D eigenvalue weighted by Gasteiger charge is -2.14. The van der Waals surface area contributed by atoms with Crippen molar-refractivity contribution < 1.29 is 24.2 Å². The Morgan fingerprint density at radius 1 is 1.33 bits per heavy atom. The standard InChI is InChI=1S/C11H19NO5S/c1-4-17-11(16)7(2)5-18-6-9(10(14)15)12-8(3)13/h7,9H,4-6H2,1-3H3,(H,12,13)(H,14,15)/t7-,9-/m1/s1. The second kappa shape index (κ2) is 8.79. The minimum atomic E-state index is -1.08. The zero-order chi connectivity index (χ0) is 14.1. The lowest BCUT2D eigenvalue weighted by molar-refractivity contribution is -0.146. The highest BCUT2D eigenvalue weighted by Gasteiger charge is 2.20. The average Bonchev–Trinajstić information content (AvgIpc) is 2.27. The molecule has 0 aliphatic rings. The van der Waals surface area contributed by atoms with Crippen molar-refractivity contribution in [2.24, 2.45) is 5.92 Å². The molecule has 0 aliphatic heterocycles. The van der Waals surface area contributed by atoms with Crippen molar-refractivity contribution in [3.63, 3.8) is 0 Å². The zero-order valence-corrected chi connectivity index (χ0v) is 11.6. The maximum Gasteiger partial charge on any atom is 0.327 e. The molecule has 0 spiro atoms. The molecule has 0 aromatic rings. The number of ether oxygens (including phenoxy) is 1. The van der Waals surface area contributed by atoms with E-state index < -0.39 is 12.0 Å². The number of carbonyl (C=O) groups excluding carboxylic acids is 2. The summed E-state index contributed by atoms with van der Waals surface area (Å²) in [5.74, 6) is -1.37. The van der Waals surface area contributed by atoms with E-state index in [2.05, 4.69) is 5.32 Å². The number of carboxylic acids is 1. The van der Waals surface area contributed by atoms with Gasteiger partial charge in [-0.25, -0.2) is 4.79 Å². The van der Waals surface area contributed by atoms with Gasteiger partial charge in [0.05, 0.1) is 12.5 Å². The van der Waals surface area contributed by atoms with Gasteiger partial charge in [0.25, 0.3) is 0 Å². The third-order valence-corrected chi connectivity index (χ3v) is 3.32. The van der Waals surface area contributed by atoms with Gasteiger partial charge in [-0.05, 0) is 6.92 Å². The van der Waals surface area contributed by atoms with Gasteiger partial charge in [-0.3, -0.25) is 9.59 Å². The van der Waals surface area contributed by atoms with Crippen LogP contribution < -0.4 is 5.32 Å². The number of hydrogen-bond donors (Lipinski definition) is 2. The molecule has 1 amide bonds. The molecule has 0 rings (SSSR count). The van der Waals surface area contributed by atoms with Crippen LogP contribution >= 0.6 is 11.8 Å². The predicted octanol–water partition coefficient (Wildman–Crippen LogP) is 0.508. The normalized spacial score (nSPS) is 13.5. The van der Waals surface area contributed by atoms with Crippen molar-refractivity contribution in [1.82, 2.24) is 5.32 Å². The second-order valence-electron chi connectivity index (χ2n) is 3.78. The van der Waals surface area contributed by atoms with Gasteiger partial charge in [-0.1, -0.05) is 6.92 Å². The number of hydrogen-bond acceptors (Lipinski definition) is 5. The number of nitrogens with one attached hydrogen (secondary N) is 1. The van der Waals surface area contributed by atoms with E-state index in [1.54, 1.807) is 13.8 Å². The molecule has 0 fully saturated rings. The SMILES string of the molecule is CCOC(=O)[C@H](C)CSC[C@@H](NC(C)=O)C(=O)O. The van der Waals surface area contributed by atoms with Crippen LogP contribution in [0.2, 0.25) is 0 Å². The molecule has 2 N–H and O–H groups in total. The van der Waals surface area contributed by atoms with Crippen LogP contribution in [-0.4, -0.2) is 47.1 Å². The molecule has 18 heavy (non-hydrogen) atoms. The van der Waals surface area contributed by atoms with Crippen molar-refractivity contribution in [1.29, 1.82) is 0 Å². The summed E-state index contributed by atoms with van der Waals surface area (Å²) in [4.78, 5) is 32.9. The summed E-state index contributed by atoms with van der Waals surface area (Å²) >= 11 is 1.30. The summed E-state index contributed by atoms with van der Waals surface area (Å²) in [6.07, 6.45) is 0. The van der Waals surface area contributed by atoms with Crippen LogP contribution in [0.4, 0.5) is 0 Å². The molecule has 0 heterocycles. The highest BCUT2D eigenvalue weighted by molar-refractivity contribution is 7.99. The smallest absolute Gasteiger partial charge is 0.327 e. The number of carboxylic acid groups (broad SMARTS) is 1. The zero-order valence-electron chi connectivity index (χ0n) is 10.8. The molecule has 0 saturated carbocycles. The molecule has 0 bridgehead atoms. The van der Waals surface area contributed by atoms with Crippen LogP contribution in [0.15, 0.2) is 0 Å². The topological polar surface area (TPSA) is 92.7 Å². The maximum atomic E-state index is 11.3. The summed E-state index contributed by atoms with van der Waals surface area (Å²) < 4.78 is 4.83. The first-order valence-corrected chi connectivity index (χ1v) is 6.78. The van der Waals surface area contributed by atoms with E-state index in [0.29, 0.717) is 12.4 Å². The lowest BCUT2D eigenvalue weighted by atomic mass is 10.2. The highest BCUT2D eigenvalue weighted by Crippen LogP contribution is 2.11. The van der Waals surface area contributed by atoms with Gasteiger partial charge in [0, 0.05) is 18.4 Å². The number of carbonyl (C=O) groups is 3. The Balaban J connectivity index is 4.02. The van der Waals surface area contributed by atoms with Gasteiger partial charge < -0.3 is 15.2 Å². The number of esters is 1. The molecular weight excluding hydrogens is 258 g/mol. The molecule has 0 aromatic heterocycles. The average molecular weight is 277 g/mol. The molecule has 104 valence electrons. The Morgan fingerprint density at radius 2 is 1.94 bits per heavy atom. The van der Waals surface area contributed by atoms with Crippen LogP contribution in [0.5, 0.6) is 0 Å². The molecule has 0 aliphatic carbocycles. The van der Waals surface area contributed by atoms with Gasteiger partial charge >= 0.3 is 11.9 Å². The fraction of sp³-hybridized carbons (Fsp3) is 0.727. The first-order chi connectivity index (χ1) is 8.38. The van der Waals surface area contributed by atoms with E-state index in [9.17, 15) is 14.4 Å². The number of aliphatic carboxylic acids is 1. The van der Waals surface area contributed by atoms with Gasteiger partial charge in [0.1, 0.15) is 6.04 Å². The Kier molecular flexibility index (Phi) is 8.19. The molecular formula is C11H19NO5S. The first-order valence-electron chi connectivity index (χ1n) is 5.62. The Hall–Kier alpha value is -1.24. The third-order valence-electron chi connectivity index (χ3n) is 2.02. The van der Waals surface area contributed by atoms with Crippen molar-refractivity contribution >= 4 is 29.6 Å². The number of thioether (sulfide) groups is 1. The van der Waals surface area contributed by atoms with E-state index in [0.717, 1.165) is 0 Å². The van der Waals surface area contributed by atoms with Gasteiger partial charge in [-0.2, -0.15) is 11.8 Å². The van der Waals surface area contributed by atoms with Gasteiger partial charge in [-0.15, -0.1) is 0 Å². The molecule has 7 heteroatoms. The van der Waals surface area contributed by atoms with Crippen LogP contribution in [0, 0.1) is 5.92 Å². The van der Waals surface area contributed by atoms with Crippen LogP contribution in [-0.2, 0) is 19.1 Å². The Morgan fingerprint density at radius 3 is 2.39 bits per heavy atom. The van der Waals surface area contributed by atoms with E-state index in [1.807, 2.05) is 0 Å². The largest absolute Gasteiger partial charge is 0.480 e. The summed E-state index contributed by atoms with van der Waals surface area (Å²) in [7, 11) is 0. The summed E-state index contributed by atoms with van der Waals surface area (Å²) in [6, 6.07) is -0.929. The second-order valence-corrected chi connectivity index (χ2v) is 4.86. The maximum absolute atomic E-state index is 11.3. The molecule has 0 unspecified atom stereocenters. The monoisotopic (exact) mass is 277 g/mol. The van der Waals surface area contributed by atoms with Crippen molar-refractivity contribution in [3.8, 4) is 0 Å². The third kappa shape index (κ3) is 7.16. The van der Waals surface area contributed by atoms with E-state index >= 15 is 0 Å². The summed E-state index contributed by atoms with van der Waals surface area (Å²) in [5, 5.41) is 11.2. The van der Waals surface area contributed by atoms with Crippen molar-refractivity contribution in [2.75, 3.05) is 18.1 Å². The molecule has 2 atom stereocenters. The summed E-state index contributed by atoms with van der Waals surface area (Å²) in [6.45, 7) is 5.05. The lowest BCUT2D eigenvalue weighted by Crippen LogP contribution is -2.41. The predicted molar refractivity (Wildman–Crippen MR) is 68.4 cm³/mol. The Bertz CT molecular complexity index is 308. The van der Waals surface area contributed by atoms with E-state index in [-0.39, 0.29) is 23.5 Å². The molecule has 0 aromatic carbocycles. The fourth-order valence-corrected chi connectivity index (χ4v) is 2.22. The quantitative estimate of drug-likeness (QED) is 0.628. The Labute approximate surface area is 110 Å². The van der Waals surface area contributed by atoms with E-state index in [4.69, 9.17) is 9.84 Å². The highest BCUT2D eigenvalue weighted by atomic mass is 32.2. The number of rotatable bonds is 8. The van der Waals surface area contributed by atoms with Crippen molar-refractivity contribution in [3.05, 3.63) is 0 Å². The van der Waals surface area contributed by atoms with Gasteiger partial charge in [0.2, 0.25) is 5.91 Å². The van der Waals surface area contributed by atoms with Crippen LogP contribution in [0.1, 0.15) is 20.8 Å². The fourth-order valence-electron chi connectivity index (χ4n) is 1.14.